The maximum Gasteiger partial charge on any atom is 0.307 e. The van der Waals surface area contributed by atoms with Crippen LogP contribution < -0.4 is 9.88 Å². The first-order chi connectivity index (χ1) is 10.4. The lowest BCUT2D eigenvalue weighted by molar-refractivity contribution is -0.673. The van der Waals surface area contributed by atoms with E-state index in [0.717, 1.165) is 43.1 Å². The smallest absolute Gasteiger partial charge is 0.307 e. The van der Waals surface area contributed by atoms with Crippen molar-refractivity contribution in [3.8, 4) is 0 Å². The van der Waals surface area contributed by atoms with E-state index in [9.17, 15) is 0 Å². The van der Waals surface area contributed by atoms with Crippen LogP contribution in [-0.2, 0) is 11.3 Å². The van der Waals surface area contributed by atoms with Crippen molar-refractivity contribution in [2.24, 2.45) is 0 Å². The molecule has 3 heterocycles. The van der Waals surface area contributed by atoms with Crippen molar-refractivity contribution in [3.05, 3.63) is 12.7 Å². The second-order valence-electron chi connectivity index (χ2n) is 5.62. The molecule has 3 rings (SSSR count). The Morgan fingerprint density at radius 3 is 3.10 bits per heavy atom. The number of anilines is 1. The molecule has 0 amide bonds. The molecule has 1 aliphatic rings. The molecule has 0 aliphatic carbocycles. The molecule has 2 N–H and O–H groups in total. The number of H-pyrrole nitrogens is 1. The second kappa shape index (κ2) is 6.85. The zero-order chi connectivity index (χ0) is 14.5. The lowest BCUT2D eigenvalue weighted by Crippen LogP contribution is -2.32. The SMILES string of the molecule is CCCCCC[n+]1c[nH]c2c(NCCC3CO3)ncnc21. The minimum absolute atomic E-state index is 0.446. The van der Waals surface area contributed by atoms with Crippen LogP contribution in [-0.4, -0.2) is 34.2 Å². The number of ether oxygens (including phenoxy) is 1. The zero-order valence-electron chi connectivity index (χ0n) is 12.6. The molecule has 1 atom stereocenters. The van der Waals surface area contributed by atoms with Gasteiger partial charge in [-0.15, -0.1) is 0 Å². The third-order valence-electron chi connectivity index (χ3n) is 3.88. The molecule has 2 aromatic heterocycles. The molecule has 0 spiro atoms. The third kappa shape index (κ3) is 3.69. The largest absolute Gasteiger partial charge is 0.373 e. The summed E-state index contributed by atoms with van der Waals surface area (Å²) in [5.74, 6) is 0.882. The Balaban J connectivity index is 1.63. The van der Waals surface area contributed by atoms with Crippen molar-refractivity contribution in [1.29, 1.82) is 0 Å². The molecule has 1 aliphatic heterocycles. The van der Waals surface area contributed by atoms with Crippen LogP contribution >= 0.6 is 0 Å². The Morgan fingerprint density at radius 1 is 1.38 bits per heavy atom. The number of hydrogen-bond donors (Lipinski definition) is 2. The molecule has 1 unspecified atom stereocenters. The molecule has 21 heavy (non-hydrogen) atoms. The highest BCUT2D eigenvalue weighted by atomic mass is 16.6. The van der Waals surface area contributed by atoms with Crippen molar-refractivity contribution in [2.75, 3.05) is 18.5 Å². The summed E-state index contributed by atoms with van der Waals surface area (Å²) < 4.78 is 7.40. The summed E-state index contributed by atoms with van der Waals surface area (Å²) in [4.78, 5) is 12.0. The molecule has 2 aromatic rings. The number of aromatic nitrogens is 4. The maximum absolute atomic E-state index is 5.22. The van der Waals surface area contributed by atoms with Crippen LogP contribution in [0.2, 0.25) is 0 Å². The van der Waals surface area contributed by atoms with Gasteiger partial charge in [0, 0.05) is 6.54 Å². The molecule has 1 fully saturated rings. The van der Waals surface area contributed by atoms with E-state index in [0.29, 0.717) is 6.10 Å². The second-order valence-corrected chi connectivity index (χ2v) is 5.62. The molecule has 6 nitrogen and oxygen atoms in total. The number of imidazole rings is 1. The van der Waals surface area contributed by atoms with Gasteiger partial charge < -0.3 is 10.1 Å². The van der Waals surface area contributed by atoms with Crippen molar-refractivity contribution >= 4 is 17.0 Å². The highest BCUT2D eigenvalue weighted by Crippen LogP contribution is 2.16. The Bertz CT molecular complexity index is 578. The number of aryl methyl sites for hydroxylation is 1. The number of aromatic amines is 1. The fourth-order valence-electron chi connectivity index (χ4n) is 2.53. The van der Waals surface area contributed by atoms with Gasteiger partial charge in [0.2, 0.25) is 5.52 Å². The zero-order valence-corrected chi connectivity index (χ0v) is 12.6. The average molecular weight is 290 g/mol. The van der Waals surface area contributed by atoms with Gasteiger partial charge in [0.15, 0.2) is 18.5 Å². The number of rotatable bonds is 9. The van der Waals surface area contributed by atoms with E-state index in [1.807, 2.05) is 6.33 Å². The highest BCUT2D eigenvalue weighted by Gasteiger charge is 2.22. The van der Waals surface area contributed by atoms with E-state index in [4.69, 9.17) is 4.74 Å². The van der Waals surface area contributed by atoms with Gasteiger partial charge in [0.25, 0.3) is 0 Å². The maximum atomic E-state index is 5.22. The number of hydrogen-bond acceptors (Lipinski definition) is 4. The van der Waals surface area contributed by atoms with Crippen molar-refractivity contribution in [1.82, 2.24) is 15.0 Å². The molecule has 0 bridgehead atoms. The molecular weight excluding hydrogens is 266 g/mol. The molecule has 114 valence electrons. The molecular formula is C15H24N5O+. The predicted octanol–water partition coefficient (Wildman–Crippen LogP) is 2.03. The van der Waals surface area contributed by atoms with E-state index in [1.165, 1.54) is 25.7 Å². The van der Waals surface area contributed by atoms with Crippen LogP contribution in [0.15, 0.2) is 12.7 Å². The summed E-state index contributed by atoms with van der Waals surface area (Å²) >= 11 is 0. The van der Waals surface area contributed by atoms with Crippen molar-refractivity contribution < 1.29 is 9.30 Å². The quantitative estimate of drug-likeness (QED) is 0.421. The van der Waals surface area contributed by atoms with E-state index < -0.39 is 0 Å². The Labute approximate surface area is 124 Å². The van der Waals surface area contributed by atoms with Crippen LogP contribution in [0.4, 0.5) is 5.82 Å². The lowest BCUT2D eigenvalue weighted by Gasteiger charge is -2.02. The first-order valence-corrected chi connectivity index (χ1v) is 7.95. The summed E-state index contributed by atoms with van der Waals surface area (Å²) in [7, 11) is 0. The third-order valence-corrected chi connectivity index (χ3v) is 3.88. The Morgan fingerprint density at radius 2 is 2.29 bits per heavy atom. The number of epoxide rings is 1. The summed E-state index contributed by atoms with van der Waals surface area (Å²) in [6.07, 6.45) is 10.1. The van der Waals surface area contributed by atoms with E-state index in [-0.39, 0.29) is 0 Å². The van der Waals surface area contributed by atoms with Crippen LogP contribution in [0.1, 0.15) is 39.0 Å². The summed E-state index contributed by atoms with van der Waals surface area (Å²) in [5, 5.41) is 3.37. The van der Waals surface area contributed by atoms with Crippen LogP contribution in [0.3, 0.4) is 0 Å². The monoisotopic (exact) mass is 290 g/mol. The minimum Gasteiger partial charge on any atom is -0.373 e. The number of nitrogens with one attached hydrogen (secondary N) is 2. The van der Waals surface area contributed by atoms with E-state index >= 15 is 0 Å². The Hall–Kier alpha value is -1.69. The van der Waals surface area contributed by atoms with Crippen LogP contribution in [0.5, 0.6) is 0 Å². The van der Waals surface area contributed by atoms with Gasteiger partial charge in [-0.2, -0.15) is 4.98 Å². The normalized spacial score (nSPS) is 17.3. The Kier molecular flexibility index (Phi) is 4.65. The van der Waals surface area contributed by atoms with Crippen LogP contribution in [0, 0.1) is 0 Å². The van der Waals surface area contributed by atoms with Gasteiger partial charge in [-0.05, 0) is 12.8 Å². The first-order valence-electron chi connectivity index (χ1n) is 7.95. The summed E-state index contributed by atoms with van der Waals surface area (Å²) in [5.41, 5.74) is 1.97. The highest BCUT2D eigenvalue weighted by molar-refractivity contribution is 5.79. The molecule has 0 aromatic carbocycles. The fourth-order valence-corrected chi connectivity index (χ4v) is 2.53. The standard InChI is InChI=1S/C15H23N5O/c1-2-3-4-5-8-20-11-19-13-14(17-10-18-15(13)20)16-7-6-12-9-21-12/h10-12H,2-9H2,1H3,(H,16,17,18)/p+1. The molecule has 1 saturated heterocycles. The summed E-state index contributed by atoms with van der Waals surface area (Å²) in [6, 6.07) is 0. The first kappa shape index (κ1) is 14.3. The summed E-state index contributed by atoms with van der Waals surface area (Å²) in [6.45, 7) is 5.02. The number of fused-ring (bicyclic) bond motifs is 1. The molecule has 0 radical (unpaired) electrons. The van der Waals surface area contributed by atoms with Gasteiger partial charge in [0.1, 0.15) is 0 Å². The minimum atomic E-state index is 0.446. The van der Waals surface area contributed by atoms with Crippen molar-refractivity contribution in [2.45, 2.75) is 51.7 Å². The van der Waals surface area contributed by atoms with Gasteiger partial charge in [-0.25, -0.2) is 4.57 Å². The number of unbranched alkanes of at least 4 members (excludes halogenated alkanes) is 3. The molecule has 0 saturated carbocycles. The van der Waals surface area contributed by atoms with Gasteiger partial charge in [0.05, 0.1) is 19.3 Å². The molecule has 6 heteroatoms. The van der Waals surface area contributed by atoms with Crippen LogP contribution in [0.25, 0.3) is 11.2 Å². The number of nitrogens with zero attached hydrogens (tertiary/aromatic N) is 3. The van der Waals surface area contributed by atoms with Gasteiger partial charge >= 0.3 is 5.65 Å². The lowest BCUT2D eigenvalue weighted by atomic mass is 10.2. The van der Waals surface area contributed by atoms with E-state index in [2.05, 4.69) is 31.8 Å². The van der Waals surface area contributed by atoms with E-state index in [1.54, 1.807) is 6.33 Å². The van der Waals surface area contributed by atoms with Crippen molar-refractivity contribution in [3.63, 3.8) is 0 Å². The fraction of sp³-hybridized carbons (Fsp3) is 0.667. The predicted molar refractivity (Wildman–Crippen MR) is 81.1 cm³/mol. The topological polar surface area (TPSA) is 70.0 Å². The van der Waals surface area contributed by atoms with Gasteiger partial charge in [-0.1, -0.05) is 31.2 Å². The van der Waals surface area contributed by atoms with Gasteiger partial charge in [-0.3, -0.25) is 4.98 Å². The average Bonchev–Trinajstić information content (AvgIpc) is 3.23.